The second-order valence-corrected chi connectivity index (χ2v) is 5.36. The fourth-order valence-electron chi connectivity index (χ4n) is 1.25. The van der Waals surface area contributed by atoms with Crippen LogP contribution in [0.2, 0.25) is 0 Å². The minimum Gasteiger partial charge on any atom is -0.360 e. The van der Waals surface area contributed by atoms with E-state index in [4.69, 9.17) is 0 Å². The molecule has 1 aromatic heterocycles. The van der Waals surface area contributed by atoms with Gasteiger partial charge in [-0.2, -0.15) is 11.8 Å². The average Bonchev–Trinajstić information content (AvgIpc) is 2.77. The Kier molecular flexibility index (Phi) is 6.28. The van der Waals surface area contributed by atoms with Crippen LogP contribution < -0.4 is 10.6 Å². The summed E-state index contributed by atoms with van der Waals surface area (Å²) in [4.78, 5) is 11.9. The number of rotatable bonds is 7. The molecule has 2 N–H and O–H groups in total. The van der Waals surface area contributed by atoms with Crippen molar-refractivity contribution in [3.63, 3.8) is 0 Å². The zero-order valence-electron chi connectivity index (χ0n) is 10.3. The summed E-state index contributed by atoms with van der Waals surface area (Å²) in [5.41, 5.74) is 0. The molecule has 1 rings (SSSR count). The van der Waals surface area contributed by atoms with Crippen LogP contribution in [0.1, 0.15) is 30.1 Å². The maximum Gasteiger partial charge on any atom is 0.282 e. The maximum atomic E-state index is 11.9. The Balaban J connectivity index is 2.55. The summed E-state index contributed by atoms with van der Waals surface area (Å²) >= 11 is 3.01. The molecule has 1 atom stereocenters. The molecule has 5 nitrogen and oxygen atoms in total. The molecule has 0 bridgehead atoms. The topological polar surface area (TPSA) is 66.9 Å². The van der Waals surface area contributed by atoms with Crippen molar-refractivity contribution in [2.24, 2.45) is 0 Å². The summed E-state index contributed by atoms with van der Waals surface area (Å²) in [6.07, 6.45) is 2.95. The molecule has 0 fully saturated rings. The van der Waals surface area contributed by atoms with Crippen molar-refractivity contribution in [2.75, 3.05) is 23.9 Å². The van der Waals surface area contributed by atoms with E-state index in [1.165, 1.54) is 11.3 Å². The first-order valence-corrected chi connectivity index (χ1v) is 7.79. The van der Waals surface area contributed by atoms with E-state index in [9.17, 15) is 4.79 Å². The highest BCUT2D eigenvalue weighted by Gasteiger charge is 2.15. The maximum absolute atomic E-state index is 11.9. The lowest BCUT2D eigenvalue weighted by molar-refractivity contribution is 0.0939. The van der Waals surface area contributed by atoms with Crippen molar-refractivity contribution in [1.82, 2.24) is 15.5 Å². The van der Waals surface area contributed by atoms with Gasteiger partial charge in [-0.25, -0.2) is 0 Å². The summed E-state index contributed by atoms with van der Waals surface area (Å²) in [6.45, 7) is 4.82. The van der Waals surface area contributed by atoms with Crippen molar-refractivity contribution in [2.45, 2.75) is 26.3 Å². The Labute approximate surface area is 110 Å². The fraction of sp³-hybridized carbons (Fsp3) is 0.700. The molecule has 0 saturated heterocycles. The van der Waals surface area contributed by atoms with Crippen LogP contribution in [0.15, 0.2) is 0 Å². The number of carbonyl (C=O) groups excluding carboxylic acids is 1. The first-order chi connectivity index (χ1) is 8.21. The Morgan fingerprint density at radius 2 is 2.24 bits per heavy atom. The van der Waals surface area contributed by atoms with Crippen LogP contribution in [0.4, 0.5) is 5.13 Å². The smallest absolute Gasteiger partial charge is 0.282 e. The molecule has 0 radical (unpaired) electrons. The number of nitrogens with zero attached hydrogens (tertiary/aromatic N) is 2. The van der Waals surface area contributed by atoms with Crippen molar-refractivity contribution in [1.29, 1.82) is 0 Å². The quantitative estimate of drug-likeness (QED) is 0.794. The van der Waals surface area contributed by atoms with Gasteiger partial charge in [0.2, 0.25) is 10.1 Å². The highest BCUT2D eigenvalue weighted by Crippen LogP contribution is 2.15. The number of hydrogen-bond donors (Lipinski definition) is 2. The van der Waals surface area contributed by atoms with Gasteiger partial charge in [-0.15, -0.1) is 10.2 Å². The number of carbonyl (C=O) groups is 1. The van der Waals surface area contributed by atoms with Crippen molar-refractivity contribution < 1.29 is 4.79 Å². The molecule has 96 valence electrons. The van der Waals surface area contributed by atoms with Crippen molar-refractivity contribution >= 4 is 34.1 Å². The molecule has 0 aromatic carbocycles. The number of nitrogens with one attached hydrogen (secondary N) is 2. The van der Waals surface area contributed by atoms with Gasteiger partial charge in [0.1, 0.15) is 0 Å². The van der Waals surface area contributed by atoms with Gasteiger partial charge in [0.05, 0.1) is 0 Å². The second-order valence-electron chi connectivity index (χ2n) is 3.48. The van der Waals surface area contributed by atoms with E-state index in [0.29, 0.717) is 10.1 Å². The van der Waals surface area contributed by atoms with Crippen LogP contribution in [0.25, 0.3) is 0 Å². The van der Waals surface area contributed by atoms with Gasteiger partial charge >= 0.3 is 0 Å². The van der Waals surface area contributed by atoms with Gasteiger partial charge in [0.15, 0.2) is 0 Å². The lowest BCUT2D eigenvalue weighted by atomic mass is 10.2. The van der Waals surface area contributed by atoms with Crippen LogP contribution in [-0.2, 0) is 0 Å². The number of amides is 1. The predicted molar refractivity (Wildman–Crippen MR) is 74.0 cm³/mol. The Bertz CT molecular complexity index is 356. The van der Waals surface area contributed by atoms with Gasteiger partial charge in [-0.3, -0.25) is 4.79 Å². The van der Waals surface area contributed by atoms with Gasteiger partial charge in [-0.1, -0.05) is 18.3 Å². The van der Waals surface area contributed by atoms with Crippen LogP contribution in [-0.4, -0.2) is 40.7 Å². The zero-order valence-corrected chi connectivity index (χ0v) is 12.0. The molecular formula is C10H18N4OS2. The molecule has 1 unspecified atom stereocenters. The molecule has 1 aromatic rings. The molecule has 0 spiro atoms. The standard InChI is InChI=1S/C10H18N4OS2/c1-4-7(6-16-3)12-8(15)9-13-14-10(17-9)11-5-2/h7H,4-6H2,1-3H3,(H,11,14)(H,12,15). The molecule has 0 aliphatic heterocycles. The first-order valence-electron chi connectivity index (χ1n) is 5.58. The molecule has 0 aliphatic carbocycles. The summed E-state index contributed by atoms with van der Waals surface area (Å²) in [6, 6.07) is 0.198. The fourth-order valence-corrected chi connectivity index (χ4v) is 2.68. The number of thioether (sulfide) groups is 1. The predicted octanol–water partition coefficient (Wildman–Crippen LogP) is 1.84. The monoisotopic (exact) mass is 274 g/mol. The number of hydrogen-bond acceptors (Lipinski definition) is 6. The third kappa shape index (κ3) is 4.51. The van der Waals surface area contributed by atoms with E-state index in [0.717, 1.165) is 18.7 Å². The van der Waals surface area contributed by atoms with E-state index >= 15 is 0 Å². The number of anilines is 1. The average molecular weight is 274 g/mol. The molecule has 0 aliphatic rings. The van der Waals surface area contributed by atoms with E-state index in [2.05, 4.69) is 27.8 Å². The largest absolute Gasteiger partial charge is 0.360 e. The molecular weight excluding hydrogens is 256 g/mol. The lowest BCUT2D eigenvalue weighted by Gasteiger charge is -2.14. The van der Waals surface area contributed by atoms with Gasteiger partial charge in [0, 0.05) is 18.3 Å². The van der Waals surface area contributed by atoms with Crippen LogP contribution >= 0.6 is 23.1 Å². The van der Waals surface area contributed by atoms with Crippen LogP contribution in [0.3, 0.4) is 0 Å². The SMILES string of the molecule is CCNc1nnc(C(=O)NC(CC)CSC)s1. The minimum atomic E-state index is -0.132. The first kappa shape index (κ1) is 14.2. The second kappa shape index (κ2) is 7.50. The van der Waals surface area contributed by atoms with E-state index in [-0.39, 0.29) is 11.9 Å². The normalized spacial score (nSPS) is 12.2. The Morgan fingerprint density at radius 3 is 2.82 bits per heavy atom. The molecule has 0 saturated carbocycles. The van der Waals surface area contributed by atoms with Gasteiger partial charge < -0.3 is 10.6 Å². The third-order valence-corrected chi connectivity index (χ3v) is 3.76. The number of aromatic nitrogens is 2. The Morgan fingerprint density at radius 1 is 1.47 bits per heavy atom. The molecule has 17 heavy (non-hydrogen) atoms. The zero-order chi connectivity index (χ0) is 12.7. The van der Waals surface area contributed by atoms with E-state index in [1.807, 2.05) is 13.2 Å². The summed E-state index contributed by atoms with van der Waals surface area (Å²) in [7, 11) is 0. The highest BCUT2D eigenvalue weighted by molar-refractivity contribution is 7.98. The molecule has 1 heterocycles. The van der Waals surface area contributed by atoms with Gasteiger partial charge in [-0.05, 0) is 19.6 Å². The molecule has 1 amide bonds. The Hall–Kier alpha value is -0.820. The lowest BCUT2D eigenvalue weighted by Crippen LogP contribution is -2.36. The van der Waals surface area contributed by atoms with E-state index in [1.54, 1.807) is 11.8 Å². The van der Waals surface area contributed by atoms with Crippen LogP contribution in [0.5, 0.6) is 0 Å². The minimum absolute atomic E-state index is 0.132. The highest BCUT2D eigenvalue weighted by atomic mass is 32.2. The van der Waals surface area contributed by atoms with E-state index < -0.39 is 0 Å². The van der Waals surface area contributed by atoms with Crippen LogP contribution in [0, 0.1) is 0 Å². The van der Waals surface area contributed by atoms with Gasteiger partial charge in [0.25, 0.3) is 5.91 Å². The third-order valence-electron chi connectivity index (χ3n) is 2.14. The summed E-state index contributed by atoms with van der Waals surface area (Å²) in [5, 5.41) is 14.9. The summed E-state index contributed by atoms with van der Waals surface area (Å²) in [5.74, 6) is 0.786. The van der Waals surface area contributed by atoms with Crippen molar-refractivity contribution in [3.05, 3.63) is 5.01 Å². The van der Waals surface area contributed by atoms with Crippen molar-refractivity contribution in [3.8, 4) is 0 Å². The molecule has 7 heteroatoms. The summed E-state index contributed by atoms with van der Waals surface area (Å²) < 4.78 is 0.